The third-order valence-corrected chi connectivity index (χ3v) is 5.11. The van der Waals surface area contributed by atoms with E-state index in [0.29, 0.717) is 5.92 Å². The summed E-state index contributed by atoms with van der Waals surface area (Å²) in [6.07, 6.45) is 5.24. The van der Waals surface area contributed by atoms with Gasteiger partial charge in [-0.25, -0.2) is 4.98 Å². The number of nitrogens with two attached hydrogens (primary N) is 1. The molecule has 0 radical (unpaired) electrons. The Kier molecular flexibility index (Phi) is 4.18. The quantitative estimate of drug-likeness (QED) is 0.790. The van der Waals surface area contributed by atoms with Crippen molar-refractivity contribution >= 4 is 5.91 Å². The number of hydrogen-bond acceptors (Lipinski definition) is 3. The number of carbonyl (C=O) groups excluding carboxylic acids is 1. The van der Waals surface area contributed by atoms with E-state index in [4.69, 9.17) is 5.73 Å². The van der Waals surface area contributed by atoms with Crippen molar-refractivity contribution in [2.45, 2.75) is 52.6 Å². The van der Waals surface area contributed by atoms with Gasteiger partial charge in [0, 0.05) is 24.4 Å². The SMILES string of the molecule is CC(NC(=O)C1CCC(N)C(C)C1(C)C)c1ncc[nH]1. The highest BCUT2D eigenvalue weighted by Gasteiger charge is 2.45. The largest absolute Gasteiger partial charge is 0.347 e. The summed E-state index contributed by atoms with van der Waals surface area (Å²) in [7, 11) is 0. The Labute approximate surface area is 120 Å². The molecule has 1 aliphatic rings. The maximum absolute atomic E-state index is 12.6. The number of carbonyl (C=O) groups is 1. The van der Waals surface area contributed by atoms with E-state index in [2.05, 4.69) is 36.1 Å². The first-order valence-corrected chi connectivity index (χ1v) is 7.39. The van der Waals surface area contributed by atoms with Crippen molar-refractivity contribution in [3.8, 4) is 0 Å². The maximum Gasteiger partial charge on any atom is 0.224 e. The summed E-state index contributed by atoms with van der Waals surface area (Å²) in [6, 6.07) is 0.0933. The molecule has 0 aromatic carbocycles. The number of nitrogens with zero attached hydrogens (tertiary/aromatic N) is 1. The lowest BCUT2D eigenvalue weighted by Gasteiger charge is -2.46. The van der Waals surface area contributed by atoms with Crippen LogP contribution in [-0.4, -0.2) is 21.9 Å². The molecule has 5 nitrogen and oxygen atoms in total. The van der Waals surface area contributed by atoms with Crippen molar-refractivity contribution in [1.29, 1.82) is 0 Å². The molecular weight excluding hydrogens is 252 g/mol. The van der Waals surface area contributed by atoms with Gasteiger partial charge in [-0.2, -0.15) is 0 Å². The molecule has 4 unspecified atom stereocenters. The lowest BCUT2D eigenvalue weighted by molar-refractivity contribution is -0.133. The monoisotopic (exact) mass is 278 g/mol. The van der Waals surface area contributed by atoms with E-state index >= 15 is 0 Å². The molecule has 5 heteroatoms. The Morgan fingerprint density at radius 1 is 1.55 bits per heavy atom. The molecule has 1 aromatic heterocycles. The van der Waals surface area contributed by atoms with Crippen LogP contribution in [0.3, 0.4) is 0 Å². The average Bonchev–Trinajstić information content (AvgIpc) is 2.89. The molecule has 4 atom stereocenters. The number of H-pyrrole nitrogens is 1. The number of aromatic amines is 1. The van der Waals surface area contributed by atoms with Gasteiger partial charge in [0.15, 0.2) is 0 Å². The van der Waals surface area contributed by atoms with Crippen LogP contribution < -0.4 is 11.1 Å². The highest BCUT2D eigenvalue weighted by atomic mass is 16.2. The first-order chi connectivity index (χ1) is 9.34. The van der Waals surface area contributed by atoms with E-state index < -0.39 is 0 Å². The summed E-state index contributed by atoms with van der Waals surface area (Å²) in [5.74, 6) is 1.25. The van der Waals surface area contributed by atoms with E-state index in [1.807, 2.05) is 6.92 Å². The maximum atomic E-state index is 12.6. The van der Waals surface area contributed by atoms with Crippen molar-refractivity contribution in [2.75, 3.05) is 0 Å². The highest BCUT2D eigenvalue weighted by Crippen LogP contribution is 2.44. The molecule has 1 amide bonds. The van der Waals surface area contributed by atoms with Crippen molar-refractivity contribution in [1.82, 2.24) is 15.3 Å². The molecule has 4 N–H and O–H groups in total. The second-order valence-corrected chi connectivity index (χ2v) is 6.61. The van der Waals surface area contributed by atoms with Crippen molar-refractivity contribution in [3.05, 3.63) is 18.2 Å². The topological polar surface area (TPSA) is 83.8 Å². The number of nitrogens with one attached hydrogen (secondary N) is 2. The van der Waals surface area contributed by atoms with Gasteiger partial charge in [-0.1, -0.05) is 20.8 Å². The van der Waals surface area contributed by atoms with Crippen LogP contribution in [0.5, 0.6) is 0 Å². The lowest BCUT2D eigenvalue weighted by Crippen LogP contribution is -2.51. The average molecular weight is 278 g/mol. The number of rotatable bonds is 3. The third-order valence-electron chi connectivity index (χ3n) is 5.11. The first-order valence-electron chi connectivity index (χ1n) is 7.39. The first kappa shape index (κ1) is 15.0. The van der Waals surface area contributed by atoms with Gasteiger partial charge in [0.2, 0.25) is 5.91 Å². The van der Waals surface area contributed by atoms with Crippen molar-refractivity contribution in [2.24, 2.45) is 23.0 Å². The minimum absolute atomic E-state index is 0.00899. The van der Waals surface area contributed by atoms with Gasteiger partial charge in [0.25, 0.3) is 0 Å². The molecule has 1 saturated carbocycles. The van der Waals surface area contributed by atoms with Crippen LogP contribution in [0, 0.1) is 17.3 Å². The van der Waals surface area contributed by atoms with E-state index in [1.165, 1.54) is 0 Å². The summed E-state index contributed by atoms with van der Waals surface area (Å²) in [5, 5.41) is 3.07. The van der Waals surface area contributed by atoms with Crippen LogP contribution >= 0.6 is 0 Å². The minimum Gasteiger partial charge on any atom is -0.347 e. The number of amides is 1. The summed E-state index contributed by atoms with van der Waals surface area (Å²) in [4.78, 5) is 19.8. The summed E-state index contributed by atoms with van der Waals surface area (Å²) >= 11 is 0. The van der Waals surface area contributed by atoms with E-state index in [9.17, 15) is 4.79 Å². The fourth-order valence-corrected chi connectivity index (χ4v) is 3.22. The summed E-state index contributed by atoms with van der Waals surface area (Å²) < 4.78 is 0. The van der Waals surface area contributed by atoms with Gasteiger partial charge in [-0.15, -0.1) is 0 Å². The van der Waals surface area contributed by atoms with E-state index in [-0.39, 0.29) is 29.3 Å². The number of aromatic nitrogens is 2. The lowest BCUT2D eigenvalue weighted by atomic mass is 9.61. The fraction of sp³-hybridized carbons (Fsp3) is 0.733. The van der Waals surface area contributed by atoms with Crippen LogP contribution in [0.4, 0.5) is 0 Å². The Hall–Kier alpha value is -1.36. The molecule has 0 saturated heterocycles. The smallest absolute Gasteiger partial charge is 0.224 e. The number of imidazole rings is 1. The molecule has 2 rings (SSSR count). The molecule has 20 heavy (non-hydrogen) atoms. The van der Waals surface area contributed by atoms with Crippen LogP contribution in [-0.2, 0) is 4.79 Å². The van der Waals surface area contributed by atoms with Gasteiger partial charge < -0.3 is 16.0 Å². The van der Waals surface area contributed by atoms with Gasteiger partial charge in [0.05, 0.1) is 6.04 Å². The normalized spacial score (nSPS) is 30.8. The van der Waals surface area contributed by atoms with Gasteiger partial charge in [0.1, 0.15) is 5.82 Å². The number of hydrogen-bond donors (Lipinski definition) is 3. The zero-order valence-corrected chi connectivity index (χ0v) is 12.8. The molecule has 1 heterocycles. The van der Waals surface area contributed by atoms with E-state index in [0.717, 1.165) is 18.7 Å². The zero-order chi connectivity index (χ0) is 14.9. The van der Waals surface area contributed by atoms with Crippen molar-refractivity contribution < 1.29 is 4.79 Å². The van der Waals surface area contributed by atoms with Crippen molar-refractivity contribution in [3.63, 3.8) is 0 Å². The van der Waals surface area contributed by atoms with Crippen LogP contribution in [0.1, 0.15) is 52.4 Å². The Morgan fingerprint density at radius 3 is 2.85 bits per heavy atom. The molecular formula is C15H26N4O. The Balaban J connectivity index is 2.05. The summed E-state index contributed by atoms with van der Waals surface area (Å²) in [6.45, 7) is 8.40. The predicted octanol–water partition coefficient (Wildman–Crippen LogP) is 1.99. The molecule has 0 spiro atoms. The van der Waals surface area contributed by atoms with E-state index in [1.54, 1.807) is 12.4 Å². The summed E-state index contributed by atoms with van der Waals surface area (Å²) in [5.41, 5.74) is 6.07. The second kappa shape index (κ2) is 5.56. The predicted molar refractivity (Wildman–Crippen MR) is 78.8 cm³/mol. The molecule has 0 bridgehead atoms. The van der Waals surface area contributed by atoms with Gasteiger partial charge in [-0.3, -0.25) is 4.79 Å². The molecule has 0 aliphatic heterocycles. The Morgan fingerprint density at radius 2 is 2.25 bits per heavy atom. The van der Waals surface area contributed by atoms with Gasteiger partial charge in [-0.05, 0) is 31.1 Å². The minimum atomic E-state index is -0.0980. The standard InChI is InChI=1S/C15H26N4O/c1-9-12(16)6-5-11(15(9,3)4)14(20)19-10(2)13-17-7-8-18-13/h7-12H,5-6,16H2,1-4H3,(H,17,18)(H,19,20). The van der Waals surface area contributed by atoms with Crippen LogP contribution in [0.15, 0.2) is 12.4 Å². The molecule has 1 aliphatic carbocycles. The Bertz CT molecular complexity index is 454. The fourth-order valence-electron chi connectivity index (χ4n) is 3.22. The van der Waals surface area contributed by atoms with Crippen LogP contribution in [0.2, 0.25) is 0 Å². The van der Waals surface area contributed by atoms with Gasteiger partial charge >= 0.3 is 0 Å². The third kappa shape index (κ3) is 2.73. The zero-order valence-electron chi connectivity index (χ0n) is 12.8. The van der Waals surface area contributed by atoms with Crippen LogP contribution in [0.25, 0.3) is 0 Å². The molecule has 112 valence electrons. The molecule has 1 aromatic rings. The molecule has 1 fully saturated rings. The second-order valence-electron chi connectivity index (χ2n) is 6.61. The highest BCUT2D eigenvalue weighted by molar-refractivity contribution is 5.80.